The Hall–Kier alpha value is -1.97. The Morgan fingerprint density at radius 1 is 1.31 bits per heavy atom. The molecule has 16 heavy (non-hydrogen) atoms. The van der Waals surface area contributed by atoms with Crippen LogP contribution < -0.4 is 9.47 Å². The normalized spacial score (nSPS) is 10.1. The first-order chi connectivity index (χ1) is 7.77. The van der Waals surface area contributed by atoms with Gasteiger partial charge in [0.05, 0.1) is 26.1 Å². The molecule has 0 radical (unpaired) electrons. The molecule has 4 heteroatoms. The van der Waals surface area contributed by atoms with Crippen LogP contribution in [0.4, 0.5) is 0 Å². The van der Waals surface area contributed by atoms with Gasteiger partial charge in [0.2, 0.25) is 0 Å². The maximum Gasteiger partial charge on any atom is 0.339 e. The van der Waals surface area contributed by atoms with Crippen LogP contribution >= 0.6 is 0 Å². The van der Waals surface area contributed by atoms with Crippen LogP contribution in [0.3, 0.4) is 0 Å². The van der Waals surface area contributed by atoms with Crippen LogP contribution in [0.1, 0.15) is 6.92 Å². The quantitative estimate of drug-likeness (QED) is 0.331. The van der Waals surface area contributed by atoms with Gasteiger partial charge in [0.15, 0.2) is 11.5 Å². The van der Waals surface area contributed by atoms with Gasteiger partial charge in [0, 0.05) is 0 Å². The fourth-order valence-corrected chi connectivity index (χ4v) is 1.05. The summed E-state index contributed by atoms with van der Waals surface area (Å²) in [5.41, 5.74) is 0. The van der Waals surface area contributed by atoms with Gasteiger partial charge in [-0.15, -0.1) is 0 Å². The first kappa shape index (κ1) is 12.1. The van der Waals surface area contributed by atoms with Crippen molar-refractivity contribution in [3.05, 3.63) is 36.6 Å². The van der Waals surface area contributed by atoms with Gasteiger partial charge >= 0.3 is 5.97 Å². The van der Waals surface area contributed by atoms with Gasteiger partial charge in [-0.25, -0.2) is 4.79 Å². The van der Waals surface area contributed by atoms with Crippen LogP contribution in [0, 0.1) is 0 Å². The van der Waals surface area contributed by atoms with E-state index in [2.05, 4.69) is 0 Å². The number of carbonyl (C=O) groups is 1. The SMILES string of the molecule is CCO/C=C/C(=O)Oc1ccccc1OC. The molecule has 0 aliphatic heterocycles. The summed E-state index contributed by atoms with van der Waals surface area (Å²) in [5, 5.41) is 0. The Labute approximate surface area is 94.4 Å². The minimum absolute atomic E-state index is 0.385. The molecule has 0 fully saturated rings. The summed E-state index contributed by atoms with van der Waals surface area (Å²) in [4.78, 5) is 11.3. The molecule has 0 aliphatic rings. The van der Waals surface area contributed by atoms with E-state index in [1.165, 1.54) is 19.4 Å². The van der Waals surface area contributed by atoms with Crippen molar-refractivity contribution in [3.8, 4) is 11.5 Å². The fourth-order valence-electron chi connectivity index (χ4n) is 1.05. The number of benzene rings is 1. The fraction of sp³-hybridized carbons (Fsp3) is 0.250. The van der Waals surface area contributed by atoms with E-state index in [0.717, 1.165) is 0 Å². The standard InChI is InChI=1S/C12H14O4/c1-3-15-9-8-12(13)16-11-7-5-4-6-10(11)14-2/h4-9H,3H2,1-2H3/b9-8+. The van der Waals surface area contributed by atoms with Crippen molar-refractivity contribution in [1.82, 2.24) is 0 Å². The second-order valence-corrected chi connectivity index (χ2v) is 2.83. The highest BCUT2D eigenvalue weighted by atomic mass is 16.6. The van der Waals surface area contributed by atoms with E-state index in [1.807, 2.05) is 6.92 Å². The predicted octanol–water partition coefficient (Wildman–Crippen LogP) is 2.15. The number of methoxy groups -OCH3 is 1. The number of esters is 1. The molecule has 0 bridgehead atoms. The molecule has 0 aliphatic carbocycles. The largest absolute Gasteiger partial charge is 0.501 e. The number of hydrogen-bond acceptors (Lipinski definition) is 4. The summed E-state index contributed by atoms with van der Waals surface area (Å²) in [6.07, 6.45) is 2.52. The number of hydrogen-bond donors (Lipinski definition) is 0. The Morgan fingerprint density at radius 3 is 2.62 bits per heavy atom. The summed E-state index contributed by atoms with van der Waals surface area (Å²) < 4.78 is 15.0. The minimum atomic E-state index is -0.502. The smallest absolute Gasteiger partial charge is 0.339 e. The van der Waals surface area contributed by atoms with Gasteiger partial charge in [-0.2, -0.15) is 0 Å². The topological polar surface area (TPSA) is 44.8 Å². The highest BCUT2D eigenvalue weighted by Crippen LogP contribution is 2.25. The molecule has 0 saturated carbocycles. The lowest BCUT2D eigenvalue weighted by molar-refractivity contribution is -0.129. The van der Waals surface area contributed by atoms with E-state index in [-0.39, 0.29) is 0 Å². The van der Waals surface area contributed by atoms with Crippen LogP contribution in [0.15, 0.2) is 36.6 Å². The van der Waals surface area contributed by atoms with Gasteiger partial charge in [-0.1, -0.05) is 12.1 Å². The summed E-state index contributed by atoms with van der Waals surface area (Å²) in [6.45, 7) is 2.34. The average Bonchev–Trinajstić information content (AvgIpc) is 2.30. The van der Waals surface area contributed by atoms with Crippen LogP contribution in [-0.4, -0.2) is 19.7 Å². The average molecular weight is 222 g/mol. The van der Waals surface area contributed by atoms with E-state index in [0.29, 0.717) is 18.1 Å². The van der Waals surface area contributed by atoms with Crippen LogP contribution in [0.5, 0.6) is 11.5 Å². The molecule has 0 N–H and O–H groups in total. The zero-order valence-electron chi connectivity index (χ0n) is 9.30. The van der Waals surface area contributed by atoms with Crippen molar-refractivity contribution in [2.45, 2.75) is 6.92 Å². The highest BCUT2D eigenvalue weighted by molar-refractivity contribution is 5.84. The Kier molecular flexibility index (Phi) is 4.92. The lowest BCUT2D eigenvalue weighted by atomic mass is 10.3. The number of para-hydroxylation sites is 2. The lowest BCUT2D eigenvalue weighted by Crippen LogP contribution is -2.05. The van der Waals surface area contributed by atoms with Crippen molar-refractivity contribution in [2.75, 3.05) is 13.7 Å². The summed E-state index contributed by atoms with van der Waals surface area (Å²) in [6, 6.07) is 6.93. The van der Waals surface area contributed by atoms with Gasteiger partial charge < -0.3 is 14.2 Å². The maximum absolute atomic E-state index is 11.3. The van der Waals surface area contributed by atoms with Gasteiger partial charge in [-0.3, -0.25) is 0 Å². The predicted molar refractivity (Wildman–Crippen MR) is 59.4 cm³/mol. The number of carbonyl (C=O) groups excluding carboxylic acids is 1. The molecule has 86 valence electrons. The minimum Gasteiger partial charge on any atom is -0.501 e. The van der Waals surface area contributed by atoms with Crippen molar-refractivity contribution in [1.29, 1.82) is 0 Å². The first-order valence-corrected chi connectivity index (χ1v) is 4.91. The molecule has 0 spiro atoms. The van der Waals surface area contributed by atoms with E-state index < -0.39 is 5.97 Å². The second kappa shape index (κ2) is 6.50. The van der Waals surface area contributed by atoms with Crippen LogP contribution in [0.25, 0.3) is 0 Å². The molecule has 0 atom stereocenters. The van der Waals surface area contributed by atoms with Gasteiger partial charge in [-0.05, 0) is 19.1 Å². The molecule has 1 aromatic carbocycles. The van der Waals surface area contributed by atoms with E-state index in [4.69, 9.17) is 14.2 Å². The highest BCUT2D eigenvalue weighted by Gasteiger charge is 2.06. The lowest BCUT2D eigenvalue weighted by Gasteiger charge is -2.06. The second-order valence-electron chi connectivity index (χ2n) is 2.83. The maximum atomic E-state index is 11.3. The van der Waals surface area contributed by atoms with Crippen molar-refractivity contribution in [2.24, 2.45) is 0 Å². The molecular weight excluding hydrogens is 208 g/mol. The van der Waals surface area contributed by atoms with Crippen molar-refractivity contribution in [3.63, 3.8) is 0 Å². The molecule has 1 aromatic rings. The van der Waals surface area contributed by atoms with Gasteiger partial charge in [0.1, 0.15) is 0 Å². The van der Waals surface area contributed by atoms with Gasteiger partial charge in [0.25, 0.3) is 0 Å². The van der Waals surface area contributed by atoms with E-state index >= 15 is 0 Å². The zero-order valence-corrected chi connectivity index (χ0v) is 9.30. The molecule has 0 aromatic heterocycles. The third-order valence-corrected chi connectivity index (χ3v) is 1.75. The van der Waals surface area contributed by atoms with Crippen molar-refractivity contribution < 1.29 is 19.0 Å². The third-order valence-electron chi connectivity index (χ3n) is 1.75. The first-order valence-electron chi connectivity index (χ1n) is 4.91. The third kappa shape index (κ3) is 3.65. The molecule has 1 rings (SSSR count). The Balaban J connectivity index is 2.62. The van der Waals surface area contributed by atoms with E-state index in [1.54, 1.807) is 24.3 Å². The molecule has 0 heterocycles. The molecule has 0 unspecified atom stereocenters. The van der Waals surface area contributed by atoms with Crippen LogP contribution in [0.2, 0.25) is 0 Å². The summed E-state index contributed by atoms with van der Waals surface area (Å²) >= 11 is 0. The summed E-state index contributed by atoms with van der Waals surface area (Å²) in [7, 11) is 1.52. The molecule has 4 nitrogen and oxygen atoms in total. The van der Waals surface area contributed by atoms with Crippen LogP contribution in [-0.2, 0) is 9.53 Å². The summed E-state index contributed by atoms with van der Waals surface area (Å²) in [5.74, 6) is 0.398. The number of ether oxygens (including phenoxy) is 3. The van der Waals surface area contributed by atoms with E-state index in [9.17, 15) is 4.79 Å². The monoisotopic (exact) mass is 222 g/mol. The molecule has 0 amide bonds. The zero-order chi connectivity index (χ0) is 11.8. The van der Waals surface area contributed by atoms with Crippen molar-refractivity contribution >= 4 is 5.97 Å². The molecular formula is C12H14O4. The number of rotatable bonds is 5. The Bertz CT molecular complexity index is 371. The molecule has 0 saturated heterocycles. The Morgan fingerprint density at radius 2 is 2.00 bits per heavy atom.